The summed E-state index contributed by atoms with van der Waals surface area (Å²) >= 11 is 5.84. The summed E-state index contributed by atoms with van der Waals surface area (Å²) in [4.78, 5) is 10.3. The van der Waals surface area contributed by atoms with Gasteiger partial charge in [-0.3, -0.25) is 0 Å². The third kappa shape index (κ3) is 1.82. The van der Waals surface area contributed by atoms with Crippen molar-refractivity contribution in [1.82, 2.24) is 9.97 Å². The molecule has 7 heteroatoms. The first-order chi connectivity index (χ1) is 8.29. The van der Waals surface area contributed by atoms with Gasteiger partial charge in [-0.15, -0.1) is 0 Å². The summed E-state index contributed by atoms with van der Waals surface area (Å²) in [5.74, 6) is 1.20. The Labute approximate surface area is 103 Å². The minimum absolute atomic E-state index is 0.128. The second-order valence-corrected chi connectivity index (χ2v) is 4.32. The molecule has 92 valence electrons. The van der Waals surface area contributed by atoms with Crippen LogP contribution >= 0.6 is 11.6 Å². The number of nitrogens with zero attached hydrogens (tertiary/aromatic N) is 3. The van der Waals surface area contributed by atoms with Gasteiger partial charge in [-0.25, -0.2) is 4.98 Å². The summed E-state index contributed by atoms with van der Waals surface area (Å²) in [5.41, 5.74) is 0.435. The van der Waals surface area contributed by atoms with Gasteiger partial charge in [0.15, 0.2) is 11.6 Å². The molecular weight excluding hydrogens is 246 g/mol. The number of fused-ring (bicyclic) bond motifs is 3. The Morgan fingerprint density at radius 1 is 1.41 bits per heavy atom. The lowest BCUT2D eigenvalue weighted by atomic mass is 10.2. The Morgan fingerprint density at radius 3 is 3.12 bits per heavy atom. The molecule has 1 aromatic heterocycles. The van der Waals surface area contributed by atoms with E-state index in [2.05, 4.69) is 14.9 Å². The predicted molar refractivity (Wildman–Crippen MR) is 60.4 cm³/mol. The molecule has 0 aliphatic carbocycles. The lowest BCUT2D eigenvalue weighted by Gasteiger charge is -2.40. The molecule has 0 amide bonds. The maximum absolute atomic E-state index is 9.24. The number of morpholine rings is 1. The molecule has 2 aliphatic rings. The number of hydrogen-bond acceptors (Lipinski definition) is 6. The number of aliphatic hydroxyl groups is 1. The van der Waals surface area contributed by atoms with E-state index in [-0.39, 0.29) is 17.9 Å². The molecule has 1 aromatic rings. The van der Waals surface area contributed by atoms with Gasteiger partial charge in [-0.05, 0) is 11.6 Å². The second kappa shape index (κ2) is 4.29. The molecule has 0 saturated carbocycles. The molecule has 1 fully saturated rings. The van der Waals surface area contributed by atoms with Gasteiger partial charge in [0.2, 0.25) is 5.28 Å². The Hall–Kier alpha value is -1.11. The van der Waals surface area contributed by atoms with Crippen molar-refractivity contribution in [2.75, 3.05) is 31.3 Å². The Kier molecular flexibility index (Phi) is 2.78. The minimum Gasteiger partial charge on any atom is -0.486 e. The molecule has 1 N–H and O–H groups in total. The highest BCUT2D eigenvalue weighted by Crippen LogP contribution is 2.36. The molecule has 6 nitrogen and oxygen atoms in total. The van der Waals surface area contributed by atoms with E-state index < -0.39 is 0 Å². The number of ether oxygens (including phenoxy) is 2. The van der Waals surface area contributed by atoms with Crippen molar-refractivity contribution in [3.8, 4) is 5.75 Å². The van der Waals surface area contributed by atoms with E-state index in [1.54, 1.807) is 0 Å². The van der Waals surface area contributed by atoms with Crippen LogP contribution in [0.4, 0.5) is 5.82 Å². The maximum atomic E-state index is 9.24. The highest BCUT2D eigenvalue weighted by atomic mass is 35.5. The van der Waals surface area contributed by atoms with E-state index in [4.69, 9.17) is 21.1 Å². The first-order valence-electron chi connectivity index (χ1n) is 5.44. The van der Waals surface area contributed by atoms with Crippen LogP contribution in [0.3, 0.4) is 0 Å². The Bertz CT molecular complexity index is 443. The molecule has 0 bridgehead atoms. The van der Waals surface area contributed by atoms with Gasteiger partial charge >= 0.3 is 0 Å². The quantitative estimate of drug-likeness (QED) is 0.726. The topological polar surface area (TPSA) is 67.7 Å². The van der Waals surface area contributed by atoms with Crippen LogP contribution in [0, 0.1) is 0 Å². The monoisotopic (exact) mass is 257 g/mol. The summed E-state index contributed by atoms with van der Waals surface area (Å²) in [6.07, 6.45) is 0. The molecule has 3 rings (SSSR count). The third-order valence-electron chi connectivity index (χ3n) is 2.96. The van der Waals surface area contributed by atoms with E-state index in [1.165, 1.54) is 0 Å². The van der Waals surface area contributed by atoms with Gasteiger partial charge in [0.05, 0.1) is 25.9 Å². The third-order valence-corrected chi connectivity index (χ3v) is 3.13. The standard InChI is InChI=1S/C10H12ClN3O3/c11-10-12-7(3-15)8-9(13-10)14-1-2-16-4-6(14)5-17-8/h6,15H,1-5H2. The molecule has 0 aromatic carbocycles. The van der Waals surface area contributed by atoms with E-state index in [0.29, 0.717) is 37.1 Å². The zero-order valence-corrected chi connectivity index (χ0v) is 9.85. The summed E-state index contributed by atoms with van der Waals surface area (Å²) in [5, 5.41) is 9.37. The van der Waals surface area contributed by atoms with Crippen LogP contribution < -0.4 is 9.64 Å². The average molecular weight is 258 g/mol. The van der Waals surface area contributed by atoms with Crippen LogP contribution in [0.25, 0.3) is 0 Å². The van der Waals surface area contributed by atoms with Gasteiger partial charge in [0.1, 0.15) is 12.3 Å². The largest absolute Gasteiger partial charge is 0.486 e. The molecule has 1 saturated heterocycles. The number of aromatic nitrogens is 2. The zero-order chi connectivity index (χ0) is 11.8. The van der Waals surface area contributed by atoms with Crippen LogP contribution in [0.2, 0.25) is 5.28 Å². The van der Waals surface area contributed by atoms with E-state index >= 15 is 0 Å². The van der Waals surface area contributed by atoms with Crippen molar-refractivity contribution in [3.05, 3.63) is 11.0 Å². The van der Waals surface area contributed by atoms with Crippen molar-refractivity contribution in [1.29, 1.82) is 0 Å². The van der Waals surface area contributed by atoms with E-state index in [1.807, 2.05) is 0 Å². The van der Waals surface area contributed by atoms with Gasteiger partial charge < -0.3 is 19.5 Å². The number of aliphatic hydroxyl groups excluding tert-OH is 1. The first kappa shape index (κ1) is 11.0. The highest BCUT2D eigenvalue weighted by Gasteiger charge is 2.33. The van der Waals surface area contributed by atoms with E-state index in [0.717, 1.165) is 6.54 Å². The van der Waals surface area contributed by atoms with Crippen LogP contribution in [0.5, 0.6) is 5.75 Å². The summed E-state index contributed by atoms with van der Waals surface area (Å²) in [6, 6.07) is 0.161. The zero-order valence-electron chi connectivity index (χ0n) is 9.10. The summed E-state index contributed by atoms with van der Waals surface area (Å²) in [7, 11) is 0. The average Bonchev–Trinajstić information content (AvgIpc) is 2.37. The fraction of sp³-hybridized carbons (Fsp3) is 0.600. The number of rotatable bonds is 1. The second-order valence-electron chi connectivity index (χ2n) is 3.98. The fourth-order valence-corrected chi connectivity index (χ4v) is 2.34. The van der Waals surface area contributed by atoms with Crippen molar-refractivity contribution in [2.24, 2.45) is 0 Å². The van der Waals surface area contributed by atoms with Crippen LogP contribution in [0.15, 0.2) is 0 Å². The molecule has 0 radical (unpaired) electrons. The van der Waals surface area contributed by atoms with Gasteiger partial charge in [-0.1, -0.05) is 0 Å². The molecule has 3 heterocycles. The first-order valence-corrected chi connectivity index (χ1v) is 5.82. The van der Waals surface area contributed by atoms with Gasteiger partial charge in [0, 0.05) is 6.54 Å². The van der Waals surface area contributed by atoms with Gasteiger partial charge in [0.25, 0.3) is 0 Å². The van der Waals surface area contributed by atoms with Gasteiger partial charge in [-0.2, -0.15) is 4.98 Å². The van der Waals surface area contributed by atoms with Crippen molar-refractivity contribution in [2.45, 2.75) is 12.6 Å². The van der Waals surface area contributed by atoms with Crippen LogP contribution in [-0.4, -0.2) is 47.5 Å². The predicted octanol–water partition coefficient (Wildman–Crippen LogP) is 0.220. The minimum atomic E-state index is -0.209. The number of anilines is 1. The summed E-state index contributed by atoms with van der Waals surface area (Å²) in [6.45, 7) is 2.34. The lowest BCUT2D eigenvalue weighted by molar-refractivity contribution is 0.0688. The van der Waals surface area contributed by atoms with Crippen LogP contribution in [0.1, 0.15) is 5.69 Å². The molecular formula is C10H12ClN3O3. The molecule has 1 atom stereocenters. The van der Waals surface area contributed by atoms with Crippen LogP contribution in [-0.2, 0) is 11.3 Å². The lowest BCUT2D eigenvalue weighted by Crippen LogP contribution is -2.51. The number of halogens is 1. The maximum Gasteiger partial charge on any atom is 0.224 e. The molecule has 17 heavy (non-hydrogen) atoms. The van der Waals surface area contributed by atoms with E-state index in [9.17, 15) is 5.11 Å². The Balaban J connectivity index is 2.06. The molecule has 1 unspecified atom stereocenters. The normalized spacial score (nSPS) is 22.7. The summed E-state index contributed by atoms with van der Waals surface area (Å²) < 4.78 is 11.0. The Morgan fingerprint density at radius 2 is 2.29 bits per heavy atom. The fourth-order valence-electron chi connectivity index (χ4n) is 2.16. The highest BCUT2D eigenvalue weighted by molar-refractivity contribution is 6.28. The van der Waals surface area contributed by atoms with Crippen molar-refractivity contribution in [3.63, 3.8) is 0 Å². The molecule has 2 aliphatic heterocycles. The number of hydrogen-bond donors (Lipinski definition) is 1. The smallest absolute Gasteiger partial charge is 0.224 e. The van der Waals surface area contributed by atoms with Crippen molar-refractivity contribution < 1.29 is 14.6 Å². The molecule has 0 spiro atoms. The van der Waals surface area contributed by atoms with Crippen molar-refractivity contribution >= 4 is 17.4 Å². The SMILES string of the molecule is OCc1nc(Cl)nc2c1OCC1COCCN21.